The number of anilines is 2. The summed E-state index contributed by atoms with van der Waals surface area (Å²) >= 11 is 3.38. The Labute approximate surface area is 112 Å². The average Bonchev–Trinajstić information content (AvgIpc) is 2.29. The van der Waals surface area contributed by atoms with Gasteiger partial charge in [0.2, 0.25) is 5.95 Å². The molecule has 0 aliphatic rings. The standard InChI is InChI=1S/C10H17BrN4OS/c1-4-12-10-14-6-8(11)9(15-10)13-5-7(2)17(3)16/h6-7H,4-5H2,1-3H3,(H2,12,13,14,15). The third-order valence-electron chi connectivity index (χ3n) is 2.20. The Morgan fingerprint density at radius 2 is 2.24 bits per heavy atom. The number of hydrogen-bond donors (Lipinski definition) is 2. The Hall–Kier alpha value is -0.690. The van der Waals surface area contributed by atoms with E-state index in [0.717, 1.165) is 11.0 Å². The van der Waals surface area contributed by atoms with E-state index in [9.17, 15) is 4.21 Å². The van der Waals surface area contributed by atoms with E-state index >= 15 is 0 Å². The van der Waals surface area contributed by atoms with Gasteiger partial charge in [-0.1, -0.05) is 0 Å². The molecule has 2 unspecified atom stereocenters. The predicted molar refractivity (Wildman–Crippen MR) is 75.9 cm³/mol. The van der Waals surface area contributed by atoms with Gasteiger partial charge in [-0.15, -0.1) is 0 Å². The highest BCUT2D eigenvalue weighted by atomic mass is 79.9. The highest BCUT2D eigenvalue weighted by Crippen LogP contribution is 2.20. The molecule has 2 N–H and O–H groups in total. The van der Waals surface area contributed by atoms with Gasteiger partial charge in [-0.2, -0.15) is 4.98 Å². The van der Waals surface area contributed by atoms with Crippen molar-refractivity contribution >= 4 is 38.5 Å². The van der Waals surface area contributed by atoms with E-state index in [4.69, 9.17) is 0 Å². The van der Waals surface area contributed by atoms with Gasteiger partial charge in [-0.05, 0) is 29.8 Å². The minimum atomic E-state index is -0.836. The number of rotatable bonds is 6. The summed E-state index contributed by atoms with van der Waals surface area (Å²) in [6.45, 7) is 5.31. The number of nitrogens with one attached hydrogen (secondary N) is 2. The maximum Gasteiger partial charge on any atom is 0.224 e. The van der Waals surface area contributed by atoms with Crippen LogP contribution in [-0.4, -0.2) is 38.8 Å². The molecule has 0 fully saturated rings. The number of aromatic nitrogens is 2. The topological polar surface area (TPSA) is 66.9 Å². The first-order chi connectivity index (χ1) is 8.04. The average molecular weight is 321 g/mol. The maximum atomic E-state index is 11.2. The zero-order chi connectivity index (χ0) is 12.8. The molecule has 0 amide bonds. The molecule has 0 saturated heterocycles. The molecule has 1 heterocycles. The lowest BCUT2D eigenvalue weighted by Crippen LogP contribution is -2.21. The smallest absolute Gasteiger partial charge is 0.224 e. The van der Waals surface area contributed by atoms with E-state index in [0.29, 0.717) is 18.3 Å². The van der Waals surface area contributed by atoms with E-state index in [-0.39, 0.29) is 5.25 Å². The van der Waals surface area contributed by atoms with Crippen LogP contribution in [0.2, 0.25) is 0 Å². The van der Waals surface area contributed by atoms with Crippen molar-refractivity contribution in [3.05, 3.63) is 10.7 Å². The van der Waals surface area contributed by atoms with Gasteiger partial charge in [0.05, 0.1) is 4.47 Å². The molecule has 0 radical (unpaired) electrons. The molecular formula is C10H17BrN4OS. The van der Waals surface area contributed by atoms with Crippen LogP contribution in [0.15, 0.2) is 10.7 Å². The summed E-state index contributed by atoms with van der Waals surface area (Å²) in [6.07, 6.45) is 3.40. The molecule has 0 aromatic carbocycles. The van der Waals surface area contributed by atoms with Gasteiger partial charge < -0.3 is 10.6 Å². The lowest BCUT2D eigenvalue weighted by atomic mass is 10.4. The summed E-state index contributed by atoms with van der Waals surface area (Å²) in [4.78, 5) is 8.44. The molecule has 96 valence electrons. The van der Waals surface area contributed by atoms with Crippen LogP contribution in [0.4, 0.5) is 11.8 Å². The molecule has 1 aromatic rings. The van der Waals surface area contributed by atoms with Crippen LogP contribution in [0.1, 0.15) is 13.8 Å². The van der Waals surface area contributed by atoms with Crippen molar-refractivity contribution in [1.29, 1.82) is 0 Å². The van der Waals surface area contributed by atoms with Gasteiger partial charge in [-0.3, -0.25) is 4.21 Å². The molecule has 5 nitrogen and oxygen atoms in total. The van der Waals surface area contributed by atoms with Gasteiger partial charge >= 0.3 is 0 Å². The van der Waals surface area contributed by atoms with Gasteiger partial charge in [-0.25, -0.2) is 4.98 Å². The highest BCUT2D eigenvalue weighted by molar-refractivity contribution is 9.10. The predicted octanol–water partition coefficient (Wildman–Crippen LogP) is 1.85. The van der Waals surface area contributed by atoms with Crippen molar-refractivity contribution in [2.75, 3.05) is 30.0 Å². The SMILES string of the molecule is CCNc1ncc(Br)c(NCC(C)S(C)=O)n1. The molecule has 0 aliphatic carbocycles. The molecule has 0 spiro atoms. The monoisotopic (exact) mass is 320 g/mol. The Kier molecular flexibility index (Phi) is 5.84. The van der Waals surface area contributed by atoms with Crippen LogP contribution in [0.25, 0.3) is 0 Å². The summed E-state index contributed by atoms with van der Waals surface area (Å²) < 4.78 is 12.0. The van der Waals surface area contributed by atoms with Crippen LogP contribution in [0.5, 0.6) is 0 Å². The first-order valence-electron chi connectivity index (χ1n) is 5.37. The van der Waals surface area contributed by atoms with Gasteiger partial charge in [0.15, 0.2) is 0 Å². The van der Waals surface area contributed by atoms with Crippen molar-refractivity contribution in [3.8, 4) is 0 Å². The number of nitrogens with zero attached hydrogens (tertiary/aromatic N) is 2. The van der Waals surface area contributed by atoms with Crippen molar-refractivity contribution in [3.63, 3.8) is 0 Å². The van der Waals surface area contributed by atoms with E-state index in [1.807, 2.05) is 13.8 Å². The Balaban J connectivity index is 2.69. The summed E-state index contributed by atoms with van der Waals surface area (Å²) in [7, 11) is -0.836. The summed E-state index contributed by atoms with van der Waals surface area (Å²) in [5.41, 5.74) is 0. The van der Waals surface area contributed by atoms with Crippen LogP contribution in [-0.2, 0) is 10.8 Å². The van der Waals surface area contributed by atoms with E-state index < -0.39 is 10.8 Å². The first kappa shape index (κ1) is 14.4. The largest absolute Gasteiger partial charge is 0.368 e. The van der Waals surface area contributed by atoms with Crippen molar-refractivity contribution in [2.24, 2.45) is 0 Å². The van der Waals surface area contributed by atoms with Gasteiger partial charge in [0, 0.05) is 41.6 Å². The van der Waals surface area contributed by atoms with Gasteiger partial charge in [0.1, 0.15) is 5.82 Å². The zero-order valence-corrected chi connectivity index (χ0v) is 12.6. The minimum Gasteiger partial charge on any atom is -0.368 e. The maximum absolute atomic E-state index is 11.2. The summed E-state index contributed by atoms with van der Waals surface area (Å²) in [5, 5.41) is 6.29. The Bertz CT molecular complexity index is 402. The van der Waals surface area contributed by atoms with Crippen molar-refractivity contribution < 1.29 is 4.21 Å². The summed E-state index contributed by atoms with van der Waals surface area (Å²) in [5.74, 6) is 1.30. The summed E-state index contributed by atoms with van der Waals surface area (Å²) in [6, 6.07) is 0. The quantitative estimate of drug-likeness (QED) is 0.837. The van der Waals surface area contributed by atoms with Crippen LogP contribution in [0.3, 0.4) is 0 Å². The van der Waals surface area contributed by atoms with E-state index in [1.165, 1.54) is 0 Å². The molecule has 1 aromatic heterocycles. The number of hydrogen-bond acceptors (Lipinski definition) is 5. The fraction of sp³-hybridized carbons (Fsp3) is 0.600. The van der Waals surface area contributed by atoms with E-state index in [2.05, 4.69) is 36.5 Å². The van der Waals surface area contributed by atoms with Gasteiger partial charge in [0.25, 0.3) is 0 Å². The third-order valence-corrected chi connectivity index (χ3v) is 4.08. The first-order valence-corrected chi connectivity index (χ1v) is 7.78. The molecule has 0 bridgehead atoms. The second kappa shape index (κ2) is 6.90. The molecule has 2 atom stereocenters. The number of halogens is 1. The molecule has 7 heteroatoms. The Morgan fingerprint density at radius 1 is 1.53 bits per heavy atom. The minimum absolute atomic E-state index is 0.0828. The van der Waals surface area contributed by atoms with Crippen LogP contribution >= 0.6 is 15.9 Å². The zero-order valence-electron chi connectivity index (χ0n) is 10.2. The lowest BCUT2D eigenvalue weighted by molar-refractivity contribution is 0.678. The lowest BCUT2D eigenvalue weighted by Gasteiger charge is -2.12. The van der Waals surface area contributed by atoms with E-state index in [1.54, 1.807) is 12.5 Å². The van der Waals surface area contributed by atoms with Crippen molar-refractivity contribution in [2.45, 2.75) is 19.1 Å². The van der Waals surface area contributed by atoms with Crippen LogP contribution in [0, 0.1) is 0 Å². The third kappa shape index (κ3) is 4.59. The second-order valence-corrected chi connectivity index (χ2v) is 6.27. The normalized spacial score (nSPS) is 14.1. The molecule has 1 rings (SSSR count). The molecule has 0 aliphatic heterocycles. The second-order valence-electron chi connectivity index (χ2n) is 3.61. The molecule has 17 heavy (non-hydrogen) atoms. The fourth-order valence-electron chi connectivity index (χ4n) is 1.09. The fourth-order valence-corrected chi connectivity index (χ4v) is 1.74. The van der Waals surface area contributed by atoms with Crippen LogP contribution < -0.4 is 10.6 Å². The highest BCUT2D eigenvalue weighted by Gasteiger charge is 2.09. The Morgan fingerprint density at radius 3 is 2.82 bits per heavy atom. The molecular weight excluding hydrogens is 304 g/mol. The van der Waals surface area contributed by atoms with Crippen molar-refractivity contribution in [1.82, 2.24) is 9.97 Å². The molecule has 0 saturated carbocycles.